The Balaban J connectivity index is -0.0000000800. The molecule has 0 saturated carbocycles. The topological polar surface area (TPSA) is 80.9 Å². The Morgan fingerprint density at radius 3 is 1.00 bits per heavy atom. The second-order valence-electron chi connectivity index (χ2n) is 0.600. The predicted octanol–water partition coefficient (Wildman–Crippen LogP) is -3.28. The van der Waals surface area contributed by atoms with Gasteiger partial charge >= 0.3 is 32.1 Å². The van der Waals surface area contributed by atoms with Crippen LogP contribution >= 0.6 is 0 Å². The van der Waals surface area contributed by atoms with Crippen molar-refractivity contribution in [3.8, 4) is 0 Å². The van der Waals surface area contributed by atoms with Crippen molar-refractivity contribution in [1.29, 1.82) is 0 Å². The molecule has 0 aromatic heterocycles. The summed E-state index contributed by atoms with van der Waals surface area (Å²) in [5.41, 5.74) is 0. The quantitative estimate of drug-likeness (QED) is 0.255. The zero-order valence-corrected chi connectivity index (χ0v) is 3.29. The molecular weight excluding hydrogens is 116 g/mol. The van der Waals surface area contributed by atoms with Crippen molar-refractivity contribution < 1.29 is 20.6 Å². The molecule has 38 valence electrons. The average Bonchev–Trinajstić information content (AvgIpc) is 0.722. The maximum Gasteiger partial charge on any atom is 0.668 e. The molecule has 0 rings (SSSR count). The zero-order valence-electron chi connectivity index (χ0n) is 2.29. The first-order valence-electron chi connectivity index (χ1n) is 0.894. The van der Waals surface area contributed by atoms with Crippen LogP contribution in [0.25, 0.3) is 0 Å². The van der Waals surface area contributed by atoms with E-state index in [2.05, 4.69) is 0 Å². The summed E-state index contributed by atoms with van der Waals surface area (Å²) in [6, 6.07) is 0. The van der Waals surface area contributed by atoms with Gasteiger partial charge in [0.05, 0.1) is 0 Å². The van der Waals surface area contributed by atoms with Crippen LogP contribution in [-0.2, 0) is 0 Å². The zero-order chi connectivity index (χ0) is 4.50. The lowest BCUT2D eigenvalue weighted by atomic mass is 15.7. The fourth-order valence-electron chi connectivity index (χ4n) is 0. The Hall–Kier alpha value is 0.823. The lowest BCUT2D eigenvalue weighted by Gasteiger charge is -1.91. The van der Waals surface area contributed by atoms with Gasteiger partial charge in [0.15, 0.2) is 0 Å². The van der Waals surface area contributed by atoms with Crippen LogP contribution in [0.5, 0.6) is 0 Å². The summed E-state index contributed by atoms with van der Waals surface area (Å²) in [5, 5.41) is 0. The molecule has 0 fully saturated rings. The minimum atomic E-state index is -4.61. The average molecular weight is 124 g/mol. The van der Waals surface area contributed by atoms with Crippen molar-refractivity contribution in [1.82, 2.24) is 0 Å². The van der Waals surface area contributed by atoms with Gasteiger partial charge in [0, 0.05) is 1.43 Å². The van der Waals surface area contributed by atoms with Crippen LogP contribution < -0.4 is 0 Å². The van der Waals surface area contributed by atoms with Gasteiger partial charge in [0.1, 0.15) is 0 Å². The highest BCUT2D eigenvalue weighted by molar-refractivity contribution is 6.46. The van der Waals surface area contributed by atoms with Crippen LogP contribution in [0, 0.1) is 0 Å². The Morgan fingerprint density at radius 1 is 1.00 bits per heavy atom. The van der Waals surface area contributed by atoms with Crippen LogP contribution in [0.15, 0.2) is 0 Å². The normalized spacial score (nSPS) is 10.0. The van der Waals surface area contributed by atoms with E-state index in [4.69, 9.17) is 19.2 Å². The van der Waals surface area contributed by atoms with E-state index in [-0.39, 0.29) is 24.5 Å². The third-order valence-electron chi connectivity index (χ3n) is 0. The van der Waals surface area contributed by atoms with Crippen molar-refractivity contribution in [3.63, 3.8) is 0 Å². The lowest BCUT2D eigenvalue weighted by Crippen LogP contribution is -2.33. The second kappa shape index (κ2) is 2.91. The standard InChI is InChI=1S/Mg.H4O4Si.H2.2H/c;1-5(2,3)4;;;/h;1-4H;1H;;. The number of hydrogen-bond acceptors (Lipinski definition) is 4. The van der Waals surface area contributed by atoms with E-state index in [1.54, 1.807) is 0 Å². The fourth-order valence-corrected chi connectivity index (χ4v) is 0. The molecule has 0 heterocycles. The molecule has 0 atom stereocenters. The monoisotopic (exact) mass is 124 g/mol. The Morgan fingerprint density at radius 2 is 1.00 bits per heavy atom. The fraction of sp³-hybridized carbons (Fsp3) is 0. The molecule has 0 amide bonds. The Bertz CT molecular complexity index is 27.2. The molecule has 0 aliphatic rings. The van der Waals surface area contributed by atoms with Crippen LogP contribution in [0.3, 0.4) is 0 Å². The SMILES string of the molecule is O[Si](O)(O)O.[HH].[MgH2]. The molecule has 0 radical (unpaired) electrons. The van der Waals surface area contributed by atoms with Crippen molar-refractivity contribution in [2.24, 2.45) is 0 Å². The lowest BCUT2D eigenvalue weighted by molar-refractivity contribution is 0.117. The molecule has 0 aliphatic heterocycles. The van der Waals surface area contributed by atoms with Crippen LogP contribution in [0.1, 0.15) is 1.43 Å². The summed E-state index contributed by atoms with van der Waals surface area (Å²) in [7, 11) is -4.61. The van der Waals surface area contributed by atoms with Crippen molar-refractivity contribution >= 4 is 32.1 Å². The van der Waals surface area contributed by atoms with E-state index >= 15 is 0 Å². The highest BCUT2D eigenvalue weighted by Gasteiger charge is 2.22. The van der Waals surface area contributed by atoms with E-state index in [0.717, 1.165) is 0 Å². The van der Waals surface area contributed by atoms with Crippen molar-refractivity contribution in [3.05, 3.63) is 0 Å². The molecule has 6 heavy (non-hydrogen) atoms. The van der Waals surface area contributed by atoms with Crippen molar-refractivity contribution in [2.45, 2.75) is 0 Å². The third-order valence-corrected chi connectivity index (χ3v) is 0. The van der Waals surface area contributed by atoms with Gasteiger partial charge in [-0.1, -0.05) is 0 Å². The number of hydrogen-bond donors (Lipinski definition) is 4. The van der Waals surface area contributed by atoms with Gasteiger partial charge < -0.3 is 19.2 Å². The molecule has 4 nitrogen and oxygen atoms in total. The van der Waals surface area contributed by atoms with Gasteiger partial charge in [0.2, 0.25) is 0 Å². The van der Waals surface area contributed by atoms with Gasteiger partial charge in [-0.05, 0) is 0 Å². The molecule has 0 aliphatic carbocycles. The summed E-state index contributed by atoms with van der Waals surface area (Å²) < 4.78 is 0. The molecular formula is H8MgO4Si. The molecule has 0 aromatic rings. The van der Waals surface area contributed by atoms with Crippen molar-refractivity contribution in [2.75, 3.05) is 0 Å². The van der Waals surface area contributed by atoms with E-state index in [1.807, 2.05) is 0 Å². The third kappa shape index (κ3) is 104. The Labute approximate surface area is 53.2 Å². The van der Waals surface area contributed by atoms with Gasteiger partial charge in [0.25, 0.3) is 0 Å². The number of rotatable bonds is 0. The molecule has 0 spiro atoms. The maximum atomic E-state index is 7.33. The van der Waals surface area contributed by atoms with E-state index < -0.39 is 9.05 Å². The van der Waals surface area contributed by atoms with Crippen LogP contribution in [-0.4, -0.2) is 51.3 Å². The molecule has 0 unspecified atom stereocenters. The summed E-state index contributed by atoms with van der Waals surface area (Å²) in [6.07, 6.45) is 0. The first kappa shape index (κ1) is 9.95. The summed E-state index contributed by atoms with van der Waals surface area (Å²) >= 11 is 0. The van der Waals surface area contributed by atoms with Gasteiger partial charge in [-0.3, -0.25) is 0 Å². The molecule has 4 N–H and O–H groups in total. The summed E-state index contributed by atoms with van der Waals surface area (Å²) in [5.74, 6) is 0. The van der Waals surface area contributed by atoms with Gasteiger partial charge in [-0.15, -0.1) is 0 Å². The summed E-state index contributed by atoms with van der Waals surface area (Å²) in [4.78, 5) is 29.3. The van der Waals surface area contributed by atoms with E-state index in [9.17, 15) is 0 Å². The smallest absolute Gasteiger partial charge is 0.368 e. The second-order valence-corrected chi connectivity index (χ2v) is 1.80. The van der Waals surface area contributed by atoms with Gasteiger partial charge in [-0.25, -0.2) is 0 Å². The van der Waals surface area contributed by atoms with Crippen LogP contribution in [0.2, 0.25) is 0 Å². The Kier molecular flexibility index (Phi) is 4.82. The highest BCUT2D eigenvalue weighted by Crippen LogP contribution is 1.67. The first-order chi connectivity index (χ1) is 2.00. The maximum absolute atomic E-state index is 7.33. The summed E-state index contributed by atoms with van der Waals surface area (Å²) in [6.45, 7) is 0. The van der Waals surface area contributed by atoms with Gasteiger partial charge in [-0.2, -0.15) is 0 Å². The largest absolute Gasteiger partial charge is 0.668 e. The molecule has 0 aromatic carbocycles. The van der Waals surface area contributed by atoms with Crippen LogP contribution in [0.4, 0.5) is 0 Å². The predicted molar refractivity (Wildman–Crippen MR) is 25.3 cm³/mol. The molecule has 0 bridgehead atoms. The minimum absolute atomic E-state index is 0. The highest BCUT2D eigenvalue weighted by atomic mass is 28.4. The van der Waals surface area contributed by atoms with E-state index in [0.29, 0.717) is 0 Å². The molecule has 0 saturated heterocycles. The minimum Gasteiger partial charge on any atom is -0.368 e. The first-order valence-corrected chi connectivity index (χ1v) is 2.68. The van der Waals surface area contributed by atoms with E-state index in [1.165, 1.54) is 0 Å². The molecule has 6 heteroatoms.